The molecule has 0 aromatic rings. The van der Waals surface area contributed by atoms with Crippen molar-refractivity contribution in [2.24, 2.45) is 0 Å². The molecule has 0 N–H and O–H groups in total. The summed E-state index contributed by atoms with van der Waals surface area (Å²) in [6.07, 6.45) is 0. The lowest BCUT2D eigenvalue weighted by Gasteiger charge is -2.44. The van der Waals surface area contributed by atoms with E-state index in [1.54, 1.807) is 11.8 Å². The number of likely N-dealkylation sites (N-methyl/N-ethyl adjacent to an activating group) is 1. The second kappa shape index (κ2) is 6.86. The zero-order valence-electron chi connectivity index (χ0n) is 12.3. The number of carbonyl (C=O) groups excluding carboxylic acids is 2. The average molecular weight is 272 g/mol. The van der Waals surface area contributed by atoms with Crippen molar-refractivity contribution in [3.8, 4) is 0 Å². The van der Waals surface area contributed by atoms with Gasteiger partial charge in [-0.1, -0.05) is 0 Å². The monoisotopic (exact) mass is 272 g/mol. The number of hydrogen-bond acceptors (Lipinski definition) is 5. The SMILES string of the molecule is CCOC(=O)COCCN1CCN(C)C(=O)C1(C)C. The first-order chi connectivity index (χ1) is 8.89. The molecule has 1 fully saturated rings. The highest BCUT2D eigenvalue weighted by molar-refractivity contribution is 5.86. The molecule has 6 nitrogen and oxygen atoms in total. The molecule has 1 saturated heterocycles. The lowest BCUT2D eigenvalue weighted by molar-refractivity contribution is -0.151. The van der Waals surface area contributed by atoms with Gasteiger partial charge in [0, 0.05) is 26.7 Å². The fraction of sp³-hybridized carbons (Fsp3) is 0.846. The van der Waals surface area contributed by atoms with Gasteiger partial charge in [0.15, 0.2) is 0 Å². The first-order valence-electron chi connectivity index (χ1n) is 6.63. The van der Waals surface area contributed by atoms with Crippen LogP contribution in [0.1, 0.15) is 20.8 Å². The van der Waals surface area contributed by atoms with Gasteiger partial charge in [0.25, 0.3) is 0 Å². The molecule has 0 aromatic heterocycles. The van der Waals surface area contributed by atoms with E-state index in [0.29, 0.717) is 19.8 Å². The minimum Gasteiger partial charge on any atom is -0.464 e. The summed E-state index contributed by atoms with van der Waals surface area (Å²) in [5.41, 5.74) is -0.514. The number of piperazine rings is 1. The molecule has 1 rings (SSSR count). The van der Waals surface area contributed by atoms with Crippen LogP contribution in [0, 0.1) is 0 Å². The topological polar surface area (TPSA) is 59.1 Å². The van der Waals surface area contributed by atoms with Crippen LogP contribution in [0.15, 0.2) is 0 Å². The van der Waals surface area contributed by atoms with Crippen LogP contribution in [0.4, 0.5) is 0 Å². The van der Waals surface area contributed by atoms with E-state index in [9.17, 15) is 9.59 Å². The summed E-state index contributed by atoms with van der Waals surface area (Å²) in [6.45, 7) is 8.50. The second-order valence-corrected chi connectivity index (χ2v) is 5.13. The van der Waals surface area contributed by atoms with Gasteiger partial charge in [0.2, 0.25) is 5.91 Å². The number of rotatable bonds is 6. The van der Waals surface area contributed by atoms with Crippen LogP contribution in [-0.2, 0) is 19.1 Å². The van der Waals surface area contributed by atoms with Gasteiger partial charge in [-0.3, -0.25) is 9.69 Å². The first-order valence-corrected chi connectivity index (χ1v) is 6.63. The van der Waals surface area contributed by atoms with Gasteiger partial charge in [0.1, 0.15) is 6.61 Å². The van der Waals surface area contributed by atoms with Crippen molar-refractivity contribution < 1.29 is 19.1 Å². The molecule has 0 radical (unpaired) electrons. The summed E-state index contributed by atoms with van der Waals surface area (Å²) in [7, 11) is 1.82. The standard InChI is InChI=1S/C13H24N2O4/c1-5-19-11(16)10-18-9-8-15-7-6-14(4)12(17)13(15,2)3/h5-10H2,1-4H3. The third-order valence-corrected chi connectivity index (χ3v) is 3.40. The van der Waals surface area contributed by atoms with Crippen molar-refractivity contribution >= 4 is 11.9 Å². The Kier molecular flexibility index (Phi) is 5.75. The molecule has 0 aromatic carbocycles. The Morgan fingerprint density at radius 3 is 2.68 bits per heavy atom. The Balaban J connectivity index is 2.33. The van der Waals surface area contributed by atoms with Crippen molar-refractivity contribution in [3.63, 3.8) is 0 Å². The fourth-order valence-corrected chi connectivity index (χ4v) is 2.18. The van der Waals surface area contributed by atoms with E-state index in [4.69, 9.17) is 9.47 Å². The summed E-state index contributed by atoms with van der Waals surface area (Å²) in [5, 5.41) is 0. The van der Waals surface area contributed by atoms with Crippen LogP contribution < -0.4 is 0 Å². The minimum atomic E-state index is -0.514. The molecule has 0 unspecified atom stereocenters. The van der Waals surface area contributed by atoms with Gasteiger partial charge in [-0.05, 0) is 20.8 Å². The Morgan fingerprint density at radius 1 is 1.37 bits per heavy atom. The highest BCUT2D eigenvalue weighted by Gasteiger charge is 2.39. The van der Waals surface area contributed by atoms with Crippen LogP contribution in [0.5, 0.6) is 0 Å². The van der Waals surface area contributed by atoms with Gasteiger partial charge in [-0.2, -0.15) is 0 Å². The number of hydrogen-bond donors (Lipinski definition) is 0. The van der Waals surface area contributed by atoms with Crippen LogP contribution in [0.3, 0.4) is 0 Å². The molecule has 0 spiro atoms. The largest absolute Gasteiger partial charge is 0.464 e. The van der Waals surface area contributed by atoms with Gasteiger partial charge in [-0.15, -0.1) is 0 Å². The van der Waals surface area contributed by atoms with Gasteiger partial charge < -0.3 is 14.4 Å². The summed E-state index contributed by atoms with van der Waals surface area (Å²) < 4.78 is 10.0. The van der Waals surface area contributed by atoms with E-state index in [-0.39, 0.29) is 18.5 Å². The molecular weight excluding hydrogens is 248 g/mol. The Bertz CT molecular complexity index is 331. The number of amides is 1. The molecule has 0 saturated carbocycles. The molecule has 0 aliphatic carbocycles. The first kappa shape index (κ1) is 15.9. The lowest BCUT2D eigenvalue weighted by atomic mass is 9.98. The average Bonchev–Trinajstić information content (AvgIpc) is 2.35. The summed E-state index contributed by atoms with van der Waals surface area (Å²) in [5.74, 6) is -0.236. The summed E-state index contributed by atoms with van der Waals surface area (Å²) >= 11 is 0. The molecule has 1 aliphatic heterocycles. The van der Waals surface area contributed by atoms with Crippen molar-refractivity contribution in [3.05, 3.63) is 0 Å². The van der Waals surface area contributed by atoms with Crippen molar-refractivity contribution in [2.75, 3.05) is 46.5 Å². The molecule has 19 heavy (non-hydrogen) atoms. The predicted octanol–water partition coefficient (Wildman–Crippen LogP) is 0.119. The lowest BCUT2D eigenvalue weighted by Crippen LogP contribution is -2.62. The van der Waals surface area contributed by atoms with Crippen molar-refractivity contribution in [1.29, 1.82) is 0 Å². The quantitative estimate of drug-likeness (QED) is 0.508. The van der Waals surface area contributed by atoms with Crippen molar-refractivity contribution in [1.82, 2.24) is 9.80 Å². The smallest absolute Gasteiger partial charge is 0.332 e. The van der Waals surface area contributed by atoms with E-state index in [0.717, 1.165) is 13.1 Å². The van der Waals surface area contributed by atoms with E-state index < -0.39 is 5.54 Å². The van der Waals surface area contributed by atoms with Crippen LogP contribution >= 0.6 is 0 Å². The zero-order chi connectivity index (χ0) is 14.5. The van der Waals surface area contributed by atoms with E-state index in [2.05, 4.69) is 4.90 Å². The maximum atomic E-state index is 12.1. The Labute approximate surface area is 114 Å². The molecule has 0 bridgehead atoms. The summed E-state index contributed by atoms with van der Waals surface area (Å²) in [4.78, 5) is 27.0. The highest BCUT2D eigenvalue weighted by atomic mass is 16.6. The van der Waals surface area contributed by atoms with Gasteiger partial charge in [-0.25, -0.2) is 4.79 Å². The minimum absolute atomic E-state index is 0.0318. The number of nitrogens with zero attached hydrogens (tertiary/aromatic N) is 2. The zero-order valence-corrected chi connectivity index (χ0v) is 12.3. The van der Waals surface area contributed by atoms with Gasteiger partial charge >= 0.3 is 5.97 Å². The van der Waals surface area contributed by atoms with Crippen molar-refractivity contribution in [2.45, 2.75) is 26.3 Å². The third-order valence-electron chi connectivity index (χ3n) is 3.40. The summed E-state index contributed by atoms with van der Waals surface area (Å²) in [6, 6.07) is 0. The van der Waals surface area contributed by atoms with Crippen LogP contribution in [-0.4, -0.2) is 73.7 Å². The maximum Gasteiger partial charge on any atom is 0.332 e. The fourth-order valence-electron chi connectivity index (χ4n) is 2.18. The highest BCUT2D eigenvalue weighted by Crippen LogP contribution is 2.20. The molecule has 1 amide bonds. The number of carbonyl (C=O) groups is 2. The third kappa shape index (κ3) is 4.18. The van der Waals surface area contributed by atoms with E-state index >= 15 is 0 Å². The molecule has 0 atom stereocenters. The molecular formula is C13H24N2O4. The van der Waals surface area contributed by atoms with E-state index in [1.165, 1.54) is 0 Å². The molecule has 110 valence electrons. The predicted molar refractivity (Wildman–Crippen MR) is 70.7 cm³/mol. The number of ether oxygens (including phenoxy) is 2. The molecule has 1 aliphatic rings. The van der Waals surface area contributed by atoms with Crippen LogP contribution in [0.2, 0.25) is 0 Å². The number of esters is 1. The maximum absolute atomic E-state index is 12.1. The van der Waals surface area contributed by atoms with E-state index in [1.807, 2.05) is 20.9 Å². The Morgan fingerprint density at radius 2 is 2.05 bits per heavy atom. The normalized spacial score (nSPS) is 19.6. The molecule has 6 heteroatoms. The Hall–Kier alpha value is -1.14. The van der Waals surface area contributed by atoms with Crippen LogP contribution in [0.25, 0.3) is 0 Å². The molecule has 1 heterocycles. The van der Waals surface area contributed by atoms with Gasteiger partial charge in [0.05, 0.1) is 18.8 Å². The second-order valence-electron chi connectivity index (χ2n) is 5.13.